The van der Waals surface area contributed by atoms with E-state index in [1.54, 1.807) is 0 Å². The van der Waals surface area contributed by atoms with Gasteiger partial charge in [0.2, 0.25) is 5.91 Å². The van der Waals surface area contributed by atoms with Crippen LogP contribution in [0.1, 0.15) is 32.6 Å². The molecule has 23 heavy (non-hydrogen) atoms. The Morgan fingerprint density at radius 2 is 1.48 bits per heavy atom. The molecule has 0 aliphatic carbocycles. The predicted molar refractivity (Wildman–Crippen MR) is 93.5 cm³/mol. The molecule has 3 fully saturated rings. The van der Waals surface area contributed by atoms with Crippen LogP contribution >= 0.6 is 0 Å². The smallest absolute Gasteiger partial charge is 0.236 e. The van der Waals surface area contributed by atoms with E-state index < -0.39 is 0 Å². The Labute approximate surface area is 141 Å². The number of likely N-dealkylation sites (tertiary alicyclic amines) is 2. The topological polar surface area (TPSA) is 30.0 Å². The normalized spacial score (nSPS) is 27.5. The van der Waals surface area contributed by atoms with E-state index in [-0.39, 0.29) is 0 Å². The van der Waals surface area contributed by atoms with Crippen LogP contribution in [0.15, 0.2) is 0 Å². The van der Waals surface area contributed by atoms with Crippen LogP contribution in [0.3, 0.4) is 0 Å². The molecular weight excluding hydrogens is 288 g/mol. The number of carbonyl (C=O) groups excluding carboxylic acids is 1. The zero-order valence-electron chi connectivity index (χ0n) is 15.0. The largest absolute Gasteiger partial charge is 0.339 e. The lowest BCUT2D eigenvalue weighted by Gasteiger charge is -2.42. The molecule has 5 nitrogen and oxygen atoms in total. The van der Waals surface area contributed by atoms with Gasteiger partial charge in [-0.1, -0.05) is 6.92 Å². The summed E-state index contributed by atoms with van der Waals surface area (Å²) < 4.78 is 0. The van der Waals surface area contributed by atoms with E-state index in [1.165, 1.54) is 38.8 Å². The summed E-state index contributed by atoms with van der Waals surface area (Å²) in [5.41, 5.74) is 0. The molecule has 0 saturated carbocycles. The molecule has 132 valence electrons. The molecule has 1 amide bonds. The second-order valence-corrected chi connectivity index (χ2v) is 7.91. The first-order valence-corrected chi connectivity index (χ1v) is 9.54. The third-order valence-electron chi connectivity index (χ3n) is 6.11. The Kier molecular flexibility index (Phi) is 5.94. The Balaban J connectivity index is 1.39. The highest BCUT2D eigenvalue weighted by Gasteiger charge is 2.29. The Bertz CT molecular complexity index is 378. The molecule has 3 heterocycles. The van der Waals surface area contributed by atoms with Crippen molar-refractivity contribution >= 4 is 5.91 Å². The van der Waals surface area contributed by atoms with Gasteiger partial charge in [0, 0.05) is 32.2 Å². The van der Waals surface area contributed by atoms with Gasteiger partial charge in [-0.3, -0.25) is 14.6 Å². The molecule has 0 radical (unpaired) electrons. The maximum absolute atomic E-state index is 12.5. The van der Waals surface area contributed by atoms with Crippen molar-refractivity contribution in [2.75, 3.05) is 66.0 Å². The van der Waals surface area contributed by atoms with Crippen LogP contribution in [0.4, 0.5) is 0 Å². The fourth-order valence-corrected chi connectivity index (χ4v) is 4.21. The number of nitrogens with zero attached hydrogens (tertiary/aromatic N) is 4. The second-order valence-electron chi connectivity index (χ2n) is 7.91. The van der Waals surface area contributed by atoms with Crippen LogP contribution in [-0.2, 0) is 4.79 Å². The highest BCUT2D eigenvalue weighted by atomic mass is 16.2. The van der Waals surface area contributed by atoms with Gasteiger partial charge in [-0.15, -0.1) is 0 Å². The van der Waals surface area contributed by atoms with E-state index in [0.717, 1.165) is 51.2 Å². The number of rotatable bonds is 3. The number of carbonyl (C=O) groups is 1. The summed E-state index contributed by atoms with van der Waals surface area (Å²) in [5, 5.41) is 0. The van der Waals surface area contributed by atoms with Crippen LogP contribution in [0.2, 0.25) is 0 Å². The van der Waals surface area contributed by atoms with E-state index in [2.05, 4.69) is 33.6 Å². The standard InChI is InChI=1S/C18H34N4O/c1-16-3-9-20(10-4-16)15-18(23)22-13-11-21(12-14-22)17-5-7-19(2)8-6-17/h16-17H,3-15H2,1-2H3. The van der Waals surface area contributed by atoms with Crippen molar-refractivity contribution in [2.24, 2.45) is 5.92 Å². The minimum Gasteiger partial charge on any atom is -0.339 e. The fraction of sp³-hybridized carbons (Fsp3) is 0.944. The lowest BCUT2D eigenvalue weighted by molar-refractivity contribution is -0.135. The average molecular weight is 322 g/mol. The molecule has 3 aliphatic rings. The second kappa shape index (κ2) is 7.95. The summed E-state index contributed by atoms with van der Waals surface area (Å²) in [6.07, 6.45) is 5.07. The van der Waals surface area contributed by atoms with Crippen LogP contribution < -0.4 is 0 Å². The number of amides is 1. The zero-order valence-corrected chi connectivity index (χ0v) is 15.0. The highest BCUT2D eigenvalue weighted by molar-refractivity contribution is 5.78. The summed E-state index contributed by atoms with van der Waals surface area (Å²) in [7, 11) is 2.22. The van der Waals surface area contributed by atoms with Crippen molar-refractivity contribution < 1.29 is 4.79 Å². The van der Waals surface area contributed by atoms with Gasteiger partial charge < -0.3 is 9.80 Å². The summed E-state index contributed by atoms with van der Waals surface area (Å²) >= 11 is 0. The van der Waals surface area contributed by atoms with Crippen molar-refractivity contribution in [1.29, 1.82) is 0 Å². The highest BCUT2D eigenvalue weighted by Crippen LogP contribution is 2.18. The van der Waals surface area contributed by atoms with Gasteiger partial charge in [0.05, 0.1) is 6.54 Å². The first-order chi connectivity index (χ1) is 11.1. The summed E-state index contributed by atoms with van der Waals surface area (Å²) in [5.74, 6) is 1.18. The summed E-state index contributed by atoms with van der Waals surface area (Å²) in [6, 6.07) is 0.743. The van der Waals surface area contributed by atoms with Crippen LogP contribution in [0.5, 0.6) is 0 Å². The van der Waals surface area contributed by atoms with Crippen molar-refractivity contribution in [3.05, 3.63) is 0 Å². The van der Waals surface area contributed by atoms with Crippen LogP contribution in [-0.4, -0.2) is 97.5 Å². The molecule has 0 atom stereocenters. The van der Waals surface area contributed by atoms with Crippen LogP contribution in [0.25, 0.3) is 0 Å². The third kappa shape index (κ3) is 4.68. The average Bonchev–Trinajstić information content (AvgIpc) is 2.58. The van der Waals surface area contributed by atoms with E-state index in [4.69, 9.17) is 0 Å². The molecule has 3 saturated heterocycles. The molecule has 0 bridgehead atoms. The minimum absolute atomic E-state index is 0.350. The van der Waals surface area contributed by atoms with Gasteiger partial charge in [0.1, 0.15) is 0 Å². The molecular formula is C18H34N4O. The lowest BCUT2D eigenvalue weighted by Crippen LogP contribution is -2.55. The predicted octanol–water partition coefficient (Wildman–Crippen LogP) is 0.957. The maximum atomic E-state index is 12.5. The Morgan fingerprint density at radius 1 is 0.870 bits per heavy atom. The molecule has 5 heteroatoms. The van der Waals surface area contributed by atoms with Gasteiger partial charge in [-0.2, -0.15) is 0 Å². The van der Waals surface area contributed by atoms with E-state index >= 15 is 0 Å². The molecule has 0 unspecified atom stereocenters. The molecule has 0 N–H and O–H groups in total. The Hall–Kier alpha value is -0.650. The Morgan fingerprint density at radius 3 is 2.09 bits per heavy atom. The quantitative estimate of drug-likeness (QED) is 0.774. The number of hydrogen-bond acceptors (Lipinski definition) is 4. The first kappa shape index (κ1) is 17.2. The number of piperazine rings is 1. The maximum Gasteiger partial charge on any atom is 0.236 e. The molecule has 0 aromatic heterocycles. The zero-order chi connectivity index (χ0) is 16.2. The first-order valence-electron chi connectivity index (χ1n) is 9.54. The van der Waals surface area contributed by atoms with Gasteiger partial charge in [0.15, 0.2) is 0 Å². The molecule has 3 aliphatic heterocycles. The van der Waals surface area contributed by atoms with E-state index in [0.29, 0.717) is 12.5 Å². The molecule has 3 rings (SSSR count). The van der Waals surface area contributed by atoms with E-state index in [9.17, 15) is 4.79 Å². The van der Waals surface area contributed by atoms with Crippen LogP contribution in [0, 0.1) is 5.92 Å². The fourth-order valence-electron chi connectivity index (χ4n) is 4.21. The number of hydrogen-bond donors (Lipinski definition) is 0. The van der Waals surface area contributed by atoms with Crippen molar-refractivity contribution in [3.63, 3.8) is 0 Å². The van der Waals surface area contributed by atoms with Gasteiger partial charge in [0.25, 0.3) is 0 Å². The summed E-state index contributed by atoms with van der Waals surface area (Å²) in [4.78, 5) is 22.0. The van der Waals surface area contributed by atoms with E-state index in [1.807, 2.05) is 0 Å². The van der Waals surface area contributed by atoms with Gasteiger partial charge in [-0.25, -0.2) is 0 Å². The summed E-state index contributed by atoms with van der Waals surface area (Å²) in [6.45, 7) is 11.6. The molecule has 0 aromatic carbocycles. The van der Waals surface area contributed by atoms with Crippen molar-refractivity contribution in [2.45, 2.75) is 38.6 Å². The van der Waals surface area contributed by atoms with Crippen molar-refractivity contribution in [3.8, 4) is 0 Å². The van der Waals surface area contributed by atoms with Gasteiger partial charge in [-0.05, 0) is 64.8 Å². The SMILES string of the molecule is CC1CCN(CC(=O)N2CCN(C3CCN(C)CC3)CC2)CC1. The lowest BCUT2D eigenvalue weighted by atomic mass is 9.99. The number of piperidine rings is 2. The third-order valence-corrected chi connectivity index (χ3v) is 6.11. The molecule has 0 spiro atoms. The van der Waals surface area contributed by atoms with Crippen molar-refractivity contribution in [1.82, 2.24) is 19.6 Å². The monoisotopic (exact) mass is 322 g/mol. The molecule has 0 aromatic rings. The minimum atomic E-state index is 0.350. The van der Waals surface area contributed by atoms with Gasteiger partial charge >= 0.3 is 0 Å².